The van der Waals surface area contributed by atoms with Crippen LogP contribution in [0.25, 0.3) is 0 Å². The molecule has 0 aliphatic carbocycles. The number of methoxy groups -OCH3 is 1. The summed E-state index contributed by atoms with van der Waals surface area (Å²) in [4.78, 5) is 48.4. The number of nitrogens with one attached hydrogen (secondary N) is 1. The molecule has 10 heteroatoms. The van der Waals surface area contributed by atoms with Crippen molar-refractivity contribution in [1.82, 2.24) is 15.1 Å². The van der Waals surface area contributed by atoms with Crippen LogP contribution in [0.1, 0.15) is 12.8 Å². The van der Waals surface area contributed by atoms with E-state index in [1.807, 2.05) is 0 Å². The first-order valence-corrected chi connectivity index (χ1v) is 6.69. The minimum atomic E-state index is -1.76. The highest BCUT2D eigenvalue weighted by Crippen LogP contribution is 2.30. The van der Waals surface area contributed by atoms with Crippen LogP contribution in [-0.4, -0.2) is 77.2 Å². The molecule has 2 heterocycles. The summed E-state index contributed by atoms with van der Waals surface area (Å²) in [5.74, 6) is -0.517. The highest BCUT2D eigenvalue weighted by atomic mass is 16.5. The molecule has 2 aliphatic rings. The lowest BCUT2D eigenvalue weighted by Crippen LogP contribution is -2.57. The molecule has 1 unspecified atom stereocenters. The summed E-state index contributed by atoms with van der Waals surface area (Å²) in [7, 11) is 1.20. The first-order valence-electron chi connectivity index (χ1n) is 6.69. The van der Waals surface area contributed by atoms with Crippen molar-refractivity contribution in [3.05, 3.63) is 0 Å². The number of ether oxygens (including phenoxy) is 1. The molecule has 0 radical (unpaired) electrons. The van der Waals surface area contributed by atoms with Crippen LogP contribution in [0.4, 0.5) is 9.59 Å². The number of nitrogens with zero attached hydrogens (tertiary/aromatic N) is 2. The summed E-state index contributed by atoms with van der Waals surface area (Å²) in [6.45, 7) is -0.121. The Bertz CT molecular complexity index is 516. The van der Waals surface area contributed by atoms with E-state index in [4.69, 9.17) is 15.6 Å². The third-order valence-corrected chi connectivity index (χ3v) is 4.12. The topological polar surface area (TPSA) is 142 Å². The Labute approximate surface area is 126 Å². The van der Waals surface area contributed by atoms with Crippen molar-refractivity contribution in [2.24, 2.45) is 5.73 Å². The second kappa shape index (κ2) is 5.54. The van der Waals surface area contributed by atoms with Crippen LogP contribution in [0.5, 0.6) is 0 Å². The molecule has 4 N–H and O–H groups in total. The predicted molar refractivity (Wildman–Crippen MR) is 71.8 cm³/mol. The summed E-state index contributed by atoms with van der Waals surface area (Å²) >= 11 is 0. The summed E-state index contributed by atoms with van der Waals surface area (Å²) in [6, 6.07) is -0.664. The van der Waals surface area contributed by atoms with E-state index in [1.165, 1.54) is 12.0 Å². The lowest BCUT2D eigenvalue weighted by molar-refractivity contribution is -0.139. The molecule has 0 aromatic carbocycles. The van der Waals surface area contributed by atoms with Gasteiger partial charge in [0.2, 0.25) is 0 Å². The molecule has 22 heavy (non-hydrogen) atoms. The Balaban J connectivity index is 2.13. The number of carbonyl (C=O) groups excluding carboxylic acids is 3. The summed E-state index contributed by atoms with van der Waals surface area (Å²) in [5, 5.41) is 11.5. The van der Waals surface area contributed by atoms with Crippen LogP contribution in [-0.2, 0) is 14.3 Å². The van der Waals surface area contributed by atoms with Crippen LogP contribution in [0.15, 0.2) is 0 Å². The van der Waals surface area contributed by atoms with Crippen LogP contribution < -0.4 is 11.1 Å². The fraction of sp³-hybridized carbons (Fsp3) is 0.667. The van der Waals surface area contributed by atoms with Gasteiger partial charge < -0.3 is 20.1 Å². The number of aldehydes is 1. The van der Waals surface area contributed by atoms with E-state index in [0.717, 1.165) is 4.90 Å². The number of amides is 4. The van der Waals surface area contributed by atoms with E-state index in [-0.39, 0.29) is 25.9 Å². The fourth-order valence-electron chi connectivity index (χ4n) is 2.64. The monoisotopic (exact) mass is 314 g/mol. The van der Waals surface area contributed by atoms with E-state index in [9.17, 15) is 19.2 Å². The maximum atomic E-state index is 12.5. The third kappa shape index (κ3) is 2.62. The number of hydrogen-bond acceptors (Lipinski definition) is 6. The normalized spacial score (nSPS) is 23.4. The van der Waals surface area contributed by atoms with Gasteiger partial charge in [0.1, 0.15) is 5.54 Å². The fourth-order valence-corrected chi connectivity index (χ4v) is 2.64. The Kier molecular flexibility index (Phi) is 4.07. The molecular formula is C12H18N4O6. The standard InChI is InChI=1S/C12H18N4O6/c1-22-12(13,7-17)6-16-8(18)11(14-9(16)19)2-4-15(5-3-11)10(20)21/h7H,2-6,13H2,1H3,(H,14,19)(H,20,21). The third-order valence-electron chi connectivity index (χ3n) is 4.12. The van der Waals surface area contributed by atoms with Gasteiger partial charge in [-0.15, -0.1) is 0 Å². The van der Waals surface area contributed by atoms with Gasteiger partial charge in [0, 0.05) is 20.2 Å². The Morgan fingerprint density at radius 1 is 1.50 bits per heavy atom. The summed E-state index contributed by atoms with van der Waals surface area (Å²) in [5.41, 5.74) is 2.73. The number of rotatable bonds is 4. The number of imide groups is 1. The Morgan fingerprint density at radius 2 is 2.09 bits per heavy atom. The van der Waals surface area contributed by atoms with E-state index in [0.29, 0.717) is 6.29 Å². The smallest absolute Gasteiger partial charge is 0.407 e. The van der Waals surface area contributed by atoms with Crippen LogP contribution in [0.2, 0.25) is 0 Å². The van der Waals surface area contributed by atoms with Crippen molar-refractivity contribution >= 4 is 24.3 Å². The minimum Gasteiger partial charge on any atom is -0.465 e. The molecule has 2 aliphatic heterocycles. The first kappa shape index (κ1) is 16.2. The largest absolute Gasteiger partial charge is 0.465 e. The molecular weight excluding hydrogens is 296 g/mol. The predicted octanol–water partition coefficient (Wildman–Crippen LogP) is -1.45. The zero-order valence-corrected chi connectivity index (χ0v) is 12.1. The van der Waals surface area contributed by atoms with Crippen molar-refractivity contribution < 1.29 is 29.0 Å². The van der Waals surface area contributed by atoms with Gasteiger partial charge in [-0.25, -0.2) is 9.59 Å². The lowest BCUT2D eigenvalue weighted by atomic mass is 9.87. The van der Waals surface area contributed by atoms with Gasteiger partial charge in [-0.1, -0.05) is 0 Å². The second-order valence-corrected chi connectivity index (χ2v) is 5.45. The number of nitrogens with two attached hydrogens (primary N) is 1. The van der Waals surface area contributed by atoms with Crippen LogP contribution in [0, 0.1) is 0 Å². The van der Waals surface area contributed by atoms with Crippen molar-refractivity contribution in [2.75, 3.05) is 26.7 Å². The average Bonchev–Trinajstić information content (AvgIpc) is 2.72. The maximum Gasteiger partial charge on any atom is 0.407 e. The molecule has 1 atom stereocenters. The maximum absolute atomic E-state index is 12.5. The number of piperidine rings is 1. The number of carbonyl (C=O) groups is 4. The quantitative estimate of drug-likeness (QED) is 0.327. The molecule has 122 valence electrons. The Morgan fingerprint density at radius 3 is 2.55 bits per heavy atom. The molecule has 0 aromatic heterocycles. The van der Waals surface area contributed by atoms with E-state index in [2.05, 4.69) is 5.32 Å². The van der Waals surface area contributed by atoms with Gasteiger partial charge in [0.25, 0.3) is 5.91 Å². The summed E-state index contributed by atoms with van der Waals surface area (Å²) < 4.78 is 4.82. The first-order chi connectivity index (χ1) is 10.3. The molecule has 4 amide bonds. The van der Waals surface area contributed by atoms with Crippen LogP contribution in [0.3, 0.4) is 0 Å². The van der Waals surface area contributed by atoms with Gasteiger partial charge >= 0.3 is 12.1 Å². The van der Waals surface area contributed by atoms with Gasteiger partial charge in [-0.05, 0) is 12.8 Å². The van der Waals surface area contributed by atoms with Gasteiger partial charge in [-0.3, -0.25) is 20.2 Å². The molecule has 2 saturated heterocycles. The van der Waals surface area contributed by atoms with Crippen molar-refractivity contribution in [1.29, 1.82) is 0 Å². The lowest BCUT2D eigenvalue weighted by Gasteiger charge is -2.36. The molecule has 2 fully saturated rings. The van der Waals surface area contributed by atoms with Crippen molar-refractivity contribution in [3.63, 3.8) is 0 Å². The molecule has 0 bridgehead atoms. The minimum absolute atomic E-state index is 0.140. The highest BCUT2D eigenvalue weighted by Gasteiger charge is 2.54. The molecule has 0 aromatic rings. The zero-order valence-electron chi connectivity index (χ0n) is 12.1. The number of hydrogen-bond donors (Lipinski definition) is 3. The number of likely N-dealkylation sites (tertiary alicyclic amines) is 1. The highest BCUT2D eigenvalue weighted by molar-refractivity contribution is 6.07. The van der Waals surface area contributed by atoms with Gasteiger partial charge in [0.05, 0.1) is 6.54 Å². The number of carboxylic acid groups (broad SMARTS) is 1. The summed E-state index contributed by atoms with van der Waals surface area (Å²) in [6.07, 6.45) is -0.395. The van der Waals surface area contributed by atoms with Crippen molar-refractivity contribution in [2.45, 2.75) is 24.1 Å². The molecule has 2 rings (SSSR count). The van der Waals surface area contributed by atoms with E-state index < -0.39 is 35.8 Å². The number of urea groups is 1. The van der Waals surface area contributed by atoms with Gasteiger partial charge in [0.15, 0.2) is 12.0 Å². The van der Waals surface area contributed by atoms with E-state index >= 15 is 0 Å². The molecule has 1 spiro atoms. The van der Waals surface area contributed by atoms with Crippen molar-refractivity contribution in [3.8, 4) is 0 Å². The molecule has 10 nitrogen and oxygen atoms in total. The zero-order chi connectivity index (χ0) is 16.5. The van der Waals surface area contributed by atoms with Crippen LogP contribution >= 0.6 is 0 Å². The van der Waals surface area contributed by atoms with E-state index in [1.54, 1.807) is 0 Å². The molecule has 0 saturated carbocycles. The van der Waals surface area contributed by atoms with Gasteiger partial charge in [-0.2, -0.15) is 0 Å². The Hall–Kier alpha value is -2.20. The second-order valence-electron chi connectivity index (χ2n) is 5.45. The SMILES string of the molecule is COC(N)(C=O)CN1C(=O)NC2(CCN(C(=O)O)CC2)C1=O. The average molecular weight is 314 g/mol.